The van der Waals surface area contributed by atoms with Crippen LogP contribution in [-0.4, -0.2) is 30.1 Å². The second-order valence-electron chi connectivity index (χ2n) is 4.68. The molecule has 0 aliphatic carbocycles. The molecule has 0 aromatic heterocycles. The SMILES string of the molecule is CC(NC(=O)c1cc(F)ccc1O)C1CCNC1. The van der Waals surface area contributed by atoms with Crippen LogP contribution in [0.15, 0.2) is 18.2 Å². The van der Waals surface area contributed by atoms with Crippen LogP contribution in [0.5, 0.6) is 5.75 Å². The fraction of sp³-hybridized carbons (Fsp3) is 0.462. The summed E-state index contributed by atoms with van der Waals surface area (Å²) in [7, 11) is 0. The molecular weight excluding hydrogens is 235 g/mol. The quantitative estimate of drug-likeness (QED) is 0.759. The number of benzene rings is 1. The largest absolute Gasteiger partial charge is 0.507 e. The summed E-state index contributed by atoms with van der Waals surface area (Å²) in [5.41, 5.74) is -0.0205. The molecule has 18 heavy (non-hydrogen) atoms. The number of amides is 1. The predicted octanol–water partition coefficient (Wildman–Crippen LogP) is 1.26. The fourth-order valence-corrected chi connectivity index (χ4v) is 2.20. The summed E-state index contributed by atoms with van der Waals surface area (Å²) < 4.78 is 13.0. The van der Waals surface area contributed by atoms with Crippen LogP contribution in [0.2, 0.25) is 0 Å². The molecule has 0 bridgehead atoms. The zero-order valence-electron chi connectivity index (χ0n) is 10.2. The van der Waals surface area contributed by atoms with Crippen molar-refractivity contribution in [2.75, 3.05) is 13.1 Å². The summed E-state index contributed by atoms with van der Waals surface area (Å²) in [6.07, 6.45) is 1.01. The maximum Gasteiger partial charge on any atom is 0.255 e. The molecule has 2 unspecified atom stereocenters. The highest BCUT2D eigenvalue weighted by Crippen LogP contribution is 2.19. The lowest BCUT2D eigenvalue weighted by molar-refractivity contribution is 0.0925. The van der Waals surface area contributed by atoms with Gasteiger partial charge in [0.2, 0.25) is 0 Å². The third-order valence-electron chi connectivity index (χ3n) is 3.37. The molecule has 2 atom stereocenters. The van der Waals surface area contributed by atoms with Crippen LogP contribution in [0.3, 0.4) is 0 Å². The first-order valence-corrected chi connectivity index (χ1v) is 6.08. The molecule has 0 radical (unpaired) electrons. The Balaban J connectivity index is 2.04. The van der Waals surface area contributed by atoms with Crippen molar-refractivity contribution in [2.24, 2.45) is 5.92 Å². The number of carbonyl (C=O) groups excluding carboxylic acids is 1. The van der Waals surface area contributed by atoms with Crippen molar-refractivity contribution >= 4 is 5.91 Å². The third kappa shape index (κ3) is 2.79. The molecule has 5 heteroatoms. The molecule has 3 N–H and O–H groups in total. The van der Waals surface area contributed by atoms with Gasteiger partial charge in [0.15, 0.2) is 0 Å². The van der Waals surface area contributed by atoms with Crippen molar-refractivity contribution in [3.63, 3.8) is 0 Å². The number of aromatic hydroxyl groups is 1. The van der Waals surface area contributed by atoms with Gasteiger partial charge in [0, 0.05) is 6.04 Å². The van der Waals surface area contributed by atoms with Crippen molar-refractivity contribution in [3.8, 4) is 5.75 Å². The summed E-state index contributed by atoms with van der Waals surface area (Å²) in [4.78, 5) is 11.9. The second kappa shape index (κ2) is 5.35. The minimum absolute atomic E-state index is 0.00447. The average Bonchev–Trinajstić information content (AvgIpc) is 2.85. The number of carbonyl (C=O) groups is 1. The minimum Gasteiger partial charge on any atom is -0.507 e. The van der Waals surface area contributed by atoms with Gasteiger partial charge in [-0.15, -0.1) is 0 Å². The van der Waals surface area contributed by atoms with E-state index in [4.69, 9.17) is 0 Å². The highest BCUT2D eigenvalue weighted by atomic mass is 19.1. The molecule has 1 aromatic carbocycles. The van der Waals surface area contributed by atoms with Gasteiger partial charge in [0.1, 0.15) is 11.6 Å². The molecule has 98 valence electrons. The summed E-state index contributed by atoms with van der Waals surface area (Å²) in [5.74, 6) is -0.796. The van der Waals surface area contributed by atoms with Gasteiger partial charge in [-0.05, 0) is 50.6 Å². The van der Waals surface area contributed by atoms with Crippen LogP contribution in [0, 0.1) is 11.7 Å². The van der Waals surface area contributed by atoms with Crippen LogP contribution in [0.25, 0.3) is 0 Å². The van der Waals surface area contributed by atoms with E-state index in [-0.39, 0.29) is 17.4 Å². The second-order valence-corrected chi connectivity index (χ2v) is 4.68. The zero-order valence-corrected chi connectivity index (χ0v) is 10.2. The monoisotopic (exact) mass is 252 g/mol. The van der Waals surface area contributed by atoms with E-state index in [1.165, 1.54) is 6.07 Å². The molecule has 1 aliphatic heterocycles. The van der Waals surface area contributed by atoms with E-state index in [1.54, 1.807) is 0 Å². The minimum atomic E-state index is -0.534. The maximum atomic E-state index is 13.0. The number of phenolic OH excluding ortho intramolecular Hbond substituents is 1. The van der Waals surface area contributed by atoms with Gasteiger partial charge < -0.3 is 15.7 Å². The number of hydrogen-bond acceptors (Lipinski definition) is 3. The van der Waals surface area contributed by atoms with Gasteiger partial charge in [-0.3, -0.25) is 4.79 Å². The number of phenols is 1. The van der Waals surface area contributed by atoms with Crippen LogP contribution >= 0.6 is 0 Å². The number of nitrogens with one attached hydrogen (secondary N) is 2. The van der Waals surface area contributed by atoms with Gasteiger partial charge in [-0.2, -0.15) is 0 Å². The first-order valence-electron chi connectivity index (χ1n) is 6.08. The molecule has 1 aromatic rings. The highest BCUT2D eigenvalue weighted by molar-refractivity contribution is 5.96. The van der Waals surface area contributed by atoms with Gasteiger partial charge in [0.05, 0.1) is 5.56 Å². The van der Waals surface area contributed by atoms with Crippen molar-refractivity contribution in [1.29, 1.82) is 0 Å². The average molecular weight is 252 g/mol. The summed E-state index contributed by atoms with van der Waals surface area (Å²) in [6.45, 7) is 3.75. The smallest absolute Gasteiger partial charge is 0.255 e. The Morgan fingerprint density at radius 3 is 3.06 bits per heavy atom. The van der Waals surface area contributed by atoms with Crippen LogP contribution in [0.1, 0.15) is 23.7 Å². The van der Waals surface area contributed by atoms with E-state index in [1.807, 2.05) is 6.92 Å². The number of halogens is 1. The lowest BCUT2D eigenvalue weighted by Crippen LogP contribution is -2.39. The maximum absolute atomic E-state index is 13.0. The van der Waals surface area contributed by atoms with Crippen molar-refractivity contribution in [3.05, 3.63) is 29.6 Å². The molecule has 1 fully saturated rings. The van der Waals surface area contributed by atoms with Crippen molar-refractivity contribution < 1.29 is 14.3 Å². The van der Waals surface area contributed by atoms with Crippen LogP contribution in [0.4, 0.5) is 4.39 Å². The van der Waals surface area contributed by atoms with Crippen LogP contribution < -0.4 is 10.6 Å². The Morgan fingerprint density at radius 2 is 2.39 bits per heavy atom. The molecule has 0 saturated carbocycles. The molecule has 2 rings (SSSR count). The zero-order chi connectivity index (χ0) is 13.1. The fourth-order valence-electron chi connectivity index (χ4n) is 2.20. The van der Waals surface area contributed by atoms with Gasteiger partial charge in [-0.1, -0.05) is 0 Å². The van der Waals surface area contributed by atoms with Gasteiger partial charge in [0.25, 0.3) is 5.91 Å². The Kier molecular flexibility index (Phi) is 3.81. The first-order chi connectivity index (χ1) is 8.58. The van der Waals surface area contributed by atoms with E-state index in [2.05, 4.69) is 10.6 Å². The lowest BCUT2D eigenvalue weighted by Gasteiger charge is -2.20. The summed E-state index contributed by atoms with van der Waals surface area (Å²) in [6, 6.07) is 3.35. The lowest BCUT2D eigenvalue weighted by atomic mass is 10.00. The first kappa shape index (κ1) is 12.8. The molecule has 4 nitrogen and oxygen atoms in total. The third-order valence-corrected chi connectivity index (χ3v) is 3.37. The molecule has 1 amide bonds. The Bertz CT molecular complexity index is 445. The van der Waals surface area contributed by atoms with Crippen molar-refractivity contribution in [1.82, 2.24) is 10.6 Å². The van der Waals surface area contributed by atoms with Gasteiger partial charge >= 0.3 is 0 Å². The van der Waals surface area contributed by atoms with E-state index in [0.717, 1.165) is 31.6 Å². The Labute approximate surface area is 105 Å². The Hall–Kier alpha value is -1.62. The van der Waals surface area contributed by atoms with Crippen LogP contribution in [-0.2, 0) is 0 Å². The van der Waals surface area contributed by atoms with Gasteiger partial charge in [-0.25, -0.2) is 4.39 Å². The van der Waals surface area contributed by atoms with E-state index in [9.17, 15) is 14.3 Å². The summed E-state index contributed by atoms with van der Waals surface area (Å²) >= 11 is 0. The van der Waals surface area contributed by atoms with E-state index >= 15 is 0 Å². The Morgan fingerprint density at radius 1 is 1.61 bits per heavy atom. The predicted molar refractivity (Wildman–Crippen MR) is 66.0 cm³/mol. The molecule has 1 saturated heterocycles. The number of hydrogen-bond donors (Lipinski definition) is 3. The van der Waals surface area contributed by atoms with E-state index < -0.39 is 11.7 Å². The topological polar surface area (TPSA) is 61.4 Å². The molecule has 1 aliphatic rings. The molecular formula is C13H17FN2O2. The van der Waals surface area contributed by atoms with Crippen molar-refractivity contribution in [2.45, 2.75) is 19.4 Å². The standard InChI is InChI=1S/C13H17FN2O2/c1-8(9-4-5-15-7-9)16-13(18)11-6-10(14)2-3-12(11)17/h2-3,6,8-9,15,17H,4-5,7H2,1H3,(H,16,18). The molecule has 0 spiro atoms. The number of rotatable bonds is 3. The summed E-state index contributed by atoms with van der Waals surface area (Å²) in [5, 5.41) is 15.6. The molecule has 1 heterocycles. The highest BCUT2D eigenvalue weighted by Gasteiger charge is 2.23. The van der Waals surface area contributed by atoms with E-state index in [0.29, 0.717) is 5.92 Å². The normalized spacial score (nSPS) is 20.7.